The minimum atomic E-state index is -2.99. The fraction of sp³-hybridized carbons (Fsp3) is 0.400. The molecule has 0 aliphatic carbocycles. The van der Waals surface area contributed by atoms with Crippen molar-refractivity contribution in [3.8, 4) is 0 Å². The van der Waals surface area contributed by atoms with E-state index in [9.17, 15) is 4.57 Å². The van der Waals surface area contributed by atoms with Gasteiger partial charge in [-0.15, -0.1) is 0 Å². The maximum Gasteiger partial charge on any atom is 0.334 e. The Balaban J connectivity index is 2.76. The second-order valence-electron chi connectivity index (χ2n) is 3.11. The molecule has 0 saturated heterocycles. The Bertz CT molecular complexity index is 339. The predicted molar refractivity (Wildman–Crippen MR) is 57.7 cm³/mol. The van der Waals surface area contributed by atoms with Crippen molar-refractivity contribution in [3.63, 3.8) is 0 Å². The summed E-state index contributed by atoms with van der Waals surface area (Å²) >= 11 is 0. The molecule has 0 atom stereocenters. The lowest BCUT2D eigenvalue weighted by Gasteiger charge is -2.13. The van der Waals surface area contributed by atoms with Gasteiger partial charge in [0.2, 0.25) is 0 Å². The Morgan fingerprint density at radius 3 is 2.00 bits per heavy atom. The molecule has 0 amide bonds. The summed E-state index contributed by atoms with van der Waals surface area (Å²) < 4.78 is 21.4. The molecule has 0 bridgehead atoms. The van der Waals surface area contributed by atoms with E-state index >= 15 is 0 Å². The number of aliphatic hydroxyl groups is 1. The zero-order valence-electron chi connectivity index (χ0n) is 8.84. The van der Waals surface area contributed by atoms with E-state index in [1.54, 1.807) is 24.3 Å². The Morgan fingerprint density at radius 1 is 1.13 bits per heavy atom. The number of aliphatic hydroxyl groups excluding tert-OH is 1. The van der Waals surface area contributed by atoms with Gasteiger partial charge < -0.3 is 14.2 Å². The molecule has 0 unspecified atom stereocenters. The fourth-order valence-electron chi connectivity index (χ4n) is 1.18. The van der Waals surface area contributed by atoms with Gasteiger partial charge in [0, 0.05) is 14.2 Å². The highest BCUT2D eigenvalue weighted by atomic mass is 31.2. The SMILES string of the molecule is COP(=O)(Cc1ccc(CO)cc1)OC. The molecule has 84 valence electrons. The Morgan fingerprint density at radius 2 is 1.60 bits per heavy atom. The van der Waals surface area contributed by atoms with Crippen LogP contribution in [0, 0.1) is 0 Å². The summed E-state index contributed by atoms with van der Waals surface area (Å²) in [5, 5.41) is 8.85. The minimum absolute atomic E-state index is 0.00644. The van der Waals surface area contributed by atoms with Crippen LogP contribution in [0.3, 0.4) is 0 Å². The van der Waals surface area contributed by atoms with E-state index < -0.39 is 7.60 Å². The standard InChI is InChI=1S/C10H15O4P/c1-13-15(12,14-2)8-10-5-3-9(7-11)4-6-10/h3-6,11H,7-8H2,1-2H3. The molecule has 1 aromatic rings. The molecule has 0 radical (unpaired) electrons. The Kier molecular flexibility index (Phi) is 4.48. The molecule has 1 aromatic carbocycles. The van der Waals surface area contributed by atoms with E-state index in [1.807, 2.05) is 0 Å². The van der Waals surface area contributed by atoms with Crippen LogP contribution in [0.5, 0.6) is 0 Å². The molecule has 0 fully saturated rings. The lowest BCUT2D eigenvalue weighted by Crippen LogP contribution is -1.94. The maximum absolute atomic E-state index is 11.8. The van der Waals surface area contributed by atoms with Crippen LogP contribution in [0.25, 0.3) is 0 Å². The topological polar surface area (TPSA) is 55.8 Å². The first-order valence-corrected chi connectivity index (χ1v) is 6.25. The third kappa shape index (κ3) is 3.43. The van der Waals surface area contributed by atoms with Gasteiger partial charge in [-0.1, -0.05) is 24.3 Å². The molecule has 0 aliphatic heterocycles. The third-order valence-corrected chi connectivity index (χ3v) is 4.00. The van der Waals surface area contributed by atoms with E-state index in [2.05, 4.69) is 0 Å². The third-order valence-electron chi connectivity index (χ3n) is 2.14. The van der Waals surface area contributed by atoms with Crippen molar-refractivity contribution in [2.24, 2.45) is 0 Å². The van der Waals surface area contributed by atoms with Crippen LogP contribution < -0.4 is 0 Å². The average Bonchev–Trinajstić information content (AvgIpc) is 2.30. The summed E-state index contributed by atoms with van der Waals surface area (Å²) in [4.78, 5) is 0. The van der Waals surface area contributed by atoms with Crippen LogP contribution in [0.15, 0.2) is 24.3 Å². The van der Waals surface area contributed by atoms with E-state index in [0.29, 0.717) is 0 Å². The van der Waals surface area contributed by atoms with Gasteiger partial charge in [0.15, 0.2) is 0 Å². The summed E-state index contributed by atoms with van der Waals surface area (Å²) in [7, 11) is -0.254. The zero-order chi connectivity index (χ0) is 11.3. The number of benzene rings is 1. The summed E-state index contributed by atoms with van der Waals surface area (Å²) in [6.45, 7) is 0.00644. The van der Waals surface area contributed by atoms with Crippen LogP contribution in [0.4, 0.5) is 0 Å². The van der Waals surface area contributed by atoms with Gasteiger partial charge >= 0.3 is 7.60 Å². The molecular weight excluding hydrogens is 215 g/mol. The summed E-state index contributed by atoms with van der Waals surface area (Å²) in [6, 6.07) is 7.17. The molecule has 1 rings (SSSR count). The van der Waals surface area contributed by atoms with Crippen molar-refractivity contribution in [1.29, 1.82) is 0 Å². The van der Waals surface area contributed by atoms with Crippen molar-refractivity contribution in [2.75, 3.05) is 14.2 Å². The highest BCUT2D eigenvalue weighted by Gasteiger charge is 2.21. The number of hydrogen-bond donors (Lipinski definition) is 1. The molecule has 0 spiro atoms. The van der Waals surface area contributed by atoms with Crippen molar-refractivity contribution in [1.82, 2.24) is 0 Å². The molecule has 0 aromatic heterocycles. The highest BCUT2D eigenvalue weighted by molar-refractivity contribution is 7.52. The predicted octanol–water partition coefficient (Wildman–Crippen LogP) is 2.16. The van der Waals surface area contributed by atoms with Gasteiger partial charge in [-0.25, -0.2) is 0 Å². The van der Waals surface area contributed by atoms with Crippen molar-refractivity contribution in [3.05, 3.63) is 35.4 Å². The van der Waals surface area contributed by atoms with Gasteiger partial charge in [0.1, 0.15) is 0 Å². The van der Waals surface area contributed by atoms with Gasteiger partial charge in [-0.3, -0.25) is 4.57 Å². The Hall–Kier alpha value is -0.670. The lowest BCUT2D eigenvalue weighted by molar-refractivity contribution is 0.275. The van der Waals surface area contributed by atoms with E-state index in [-0.39, 0.29) is 12.8 Å². The summed E-state index contributed by atoms with van der Waals surface area (Å²) in [5.41, 5.74) is 1.68. The van der Waals surface area contributed by atoms with Crippen LogP contribution in [-0.4, -0.2) is 19.3 Å². The van der Waals surface area contributed by atoms with Crippen molar-refractivity contribution < 1.29 is 18.7 Å². The molecule has 0 heterocycles. The second-order valence-corrected chi connectivity index (χ2v) is 5.38. The smallest absolute Gasteiger partial charge is 0.334 e. The van der Waals surface area contributed by atoms with Gasteiger partial charge in [-0.05, 0) is 11.1 Å². The van der Waals surface area contributed by atoms with Crippen LogP contribution in [0.1, 0.15) is 11.1 Å². The average molecular weight is 230 g/mol. The van der Waals surface area contributed by atoms with Gasteiger partial charge in [0.05, 0.1) is 12.8 Å². The minimum Gasteiger partial charge on any atom is -0.392 e. The molecule has 4 nitrogen and oxygen atoms in total. The van der Waals surface area contributed by atoms with E-state index in [4.69, 9.17) is 14.2 Å². The van der Waals surface area contributed by atoms with E-state index in [1.165, 1.54) is 14.2 Å². The molecule has 5 heteroatoms. The van der Waals surface area contributed by atoms with Gasteiger partial charge in [-0.2, -0.15) is 0 Å². The first-order valence-electron chi connectivity index (χ1n) is 4.53. The normalized spacial score (nSPS) is 11.7. The van der Waals surface area contributed by atoms with Crippen LogP contribution >= 0.6 is 7.60 Å². The monoisotopic (exact) mass is 230 g/mol. The Labute approximate surface area is 89.4 Å². The molecular formula is C10H15O4P. The molecule has 0 aliphatic rings. The fourth-order valence-corrected chi connectivity index (χ4v) is 2.24. The number of rotatable bonds is 5. The maximum atomic E-state index is 11.8. The van der Waals surface area contributed by atoms with Crippen LogP contribution in [0.2, 0.25) is 0 Å². The first-order chi connectivity index (χ1) is 7.13. The molecule has 15 heavy (non-hydrogen) atoms. The molecule has 0 saturated carbocycles. The number of hydrogen-bond acceptors (Lipinski definition) is 4. The lowest BCUT2D eigenvalue weighted by atomic mass is 10.2. The molecule has 1 N–H and O–H groups in total. The highest BCUT2D eigenvalue weighted by Crippen LogP contribution is 2.49. The summed E-state index contributed by atoms with van der Waals surface area (Å²) in [5.74, 6) is 0. The zero-order valence-corrected chi connectivity index (χ0v) is 9.74. The summed E-state index contributed by atoms with van der Waals surface area (Å²) in [6.07, 6.45) is 0.242. The largest absolute Gasteiger partial charge is 0.392 e. The van der Waals surface area contributed by atoms with Crippen LogP contribution in [-0.2, 0) is 26.4 Å². The van der Waals surface area contributed by atoms with Gasteiger partial charge in [0.25, 0.3) is 0 Å². The second kappa shape index (κ2) is 5.42. The van der Waals surface area contributed by atoms with E-state index in [0.717, 1.165) is 11.1 Å². The van der Waals surface area contributed by atoms with Crippen molar-refractivity contribution >= 4 is 7.60 Å². The quantitative estimate of drug-likeness (QED) is 0.787. The first kappa shape index (κ1) is 12.4. The van der Waals surface area contributed by atoms with Crippen molar-refractivity contribution in [2.45, 2.75) is 12.8 Å².